The molecule has 0 aliphatic heterocycles. The van der Waals surface area contributed by atoms with E-state index in [0.717, 1.165) is 17.7 Å². The molecule has 2 aromatic rings. The summed E-state index contributed by atoms with van der Waals surface area (Å²) < 4.78 is 39.2. The Morgan fingerprint density at radius 3 is 2.10 bits per heavy atom. The Labute approximate surface area is 118 Å². The van der Waals surface area contributed by atoms with Gasteiger partial charge in [0.1, 0.15) is 5.82 Å². The van der Waals surface area contributed by atoms with E-state index in [9.17, 15) is 13.2 Å². The number of halogens is 4. The molecule has 0 heterocycles. The minimum Gasteiger partial charge on any atom is -0.503 e. The summed E-state index contributed by atoms with van der Waals surface area (Å²) in [5.41, 5.74) is 1.10. The molecule has 0 aliphatic rings. The summed E-state index contributed by atoms with van der Waals surface area (Å²) in [6.07, 6.45) is 0. The van der Waals surface area contributed by atoms with Crippen molar-refractivity contribution in [1.29, 1.82) is 0 Å². The molecule has 2 nitrogen and oxygen atoms in total. The van der Waals surface area contributed by atoms with Gasteiger partial charge in [-0.05, 0) is 35.4 Å². The predicted molar refractivity (Wildman–Crippen MR) is 70.0 cm³/mol. The first-order valence-corrected chi connectivity index (χ1v) is 6.16. The van der Waals surface area contributed by atoms with E-state index in [2.05, 4.69) is 5.32 Å². The quantitative estimate of drug-likeness (QED) is 0.901. The molecule has 0 fully saturated rings. The molecule has 0 aliphatic carbocycles. The Hall–Kier alpha value is -1.72. The fraction of sp³-hybridized carbons (Fsp3) is 0.143. The topological polar surface area (TPSA) is 32.3 Å². The smallest absolute Gasteiger partial charge is 0.187 e. The first kappa shape index (κ1) is 14.7. The van der Waals surface area contributed by atoms with Crippen LogP contribution in [0, 0.1) is 17.5 Å². The maximum absolute atomic E-state index is 13.1. The van der Waals surface area contributed by atoms with Crippen LogP contribution >= 0.6 is 11.6 Å². The third kappa shape index (κ3) is 3.43. The third-order valence-electron chi connectivity index (χ3n) is 2.72. The summed E-state index contributed by atoms with van der Waals surface area (Å²) in [5.74, 6) is -3.50. The lowest BCUT2D eigenvalue weighted by atomic mass is 10.2. The van der Waals surface area contributed by atoms with E-state index in [1.54, 1.807) is 6.07 Å². The van der Waals surface area contributed by atoms with Gasteiger partial charge in [0.2, 0.25) is 0 Å². The van der Waals surface area contributed by atoms with Crippen molar-refractivity contribution in [3.63, 3.8) is 0 Å². The Morgan fingerprint density at radius 2 is 1.50 bits per heavy atom. The lowest BCUT2D eigenvalue weighted by Crippen LogP contribution is -2.13. The van der Waals surface area contributed by atoms with Gasteiger partial charge in [0.15, 0.2) is 17.4 Å². The average Bonchev–Trinajstić information content (AvgIpc) is 2.40. The Kier molecular flexibility index (Phi) is 4.52. The normalized spacial score (nSPS) is 10.8. The summed E-state index contributed by atoms with van der Waals surface area (Å²) in [4.78, 5) is 0. The molecule has 0 atom stereocenters. The number of nitrogens with one attached hydrogen (secondary N) is 1. The molecule has 20 heavy (non-hydrogen) atoms. The molecule has 0 bridgehead atoms. The standard InChI is InChI=1S/C14H11ClF3NO/c15-10-3-8(1-2-11(10)16)6-19-7-9-4-12(17)14(20)13(18)5-9/h1-5,19-20H,6-7H2. The Bertz CT molecular complexity index is 611. The second kappa shape index (κ2) is 6.15. The molecular weight excluding hydrogens is 291 g/mol. The number of hydrogen-bond acceptors (Lipinski definition) is 2. The van der Waals surface area contributed by atoms with Crippen LogP contribution in [0.15, 0.2) is 30.3 Å². The zero-order chi connectivity index (χ0) is 14.7. The van der Waals surface area contributed by atoms with Crippen molar-refractivity contribution in [3.05, 3.63) is 63.9 Å². The molecule has 106 valence electrons. The Balaban J connectivity index is 1.97. The number of aromatic hydroxyl groups is 1. The lowest BCUT2D eigenvalue weighted by molar-refractivity contribution is 0.395. The van der Waals surface area contributed by atoms with Gasteiger partial charge in [0.05, 0.1) is 5.02 Å². The fourth-order valence-corrected chi connectivity index (χ4v) is 1.92. The highest BCUT2D eigenvalue weighted by atomic mass is 35.5. The van der Waals surface area contributed by atoms with E-state index < -0.39 is 23.2 Å². The zero-order valence-electron chi connectivity index (χ0n) is 10.3. The van der Waals surface area contributed by atoms with Crippen molar-refractivity contribution in [2.45, 2.75) is 13.1 Å². The van der Waals surface area contributed by atoms with Crippen molar-refractivity contribution in [3.8, 4) is 5.75 Å². The molecular formula is C14H11ClF3NO. The lowest BCUT2D eigenvalue weighted by Gasteiger charge is -2.07. The highest BCUT2D eigenvalue weighted by Crippen LogP contribution is 2.21. The SMILES string of the molecule is Oc1c(F)cc(CNCc2ccc(F)c(Cl)c2)cc1F. The summed E-state index contributed by atoms with van der Waals surface area (Å²) in [6, 6.07) is 6.37. The molecule has 0 radical (unpaired) electrons. The van der Waals surface area contributed by atoms with E-state index >= 15 is 0 Å². The van der Waals surface area contributed by atoms with Gasteiger partial charge in [0.25, 0.3) is 0 Å². The van der Waals surface area contributed by atoms with Crippen LogP contribution in [0.4, 0.5) is 13.2 Å². The van der Waals surface area contributed by atoms with E-state index in [-0.39, 0.29) is 11.6 Å². The van der Waals surface area contributed by atoms with Crippen molar-refractivity contribution in [2.24, 2.45) is 0 Å². The third-order valence-corrected chi connectivity index (χ3v) is 3.01. The zero-order valence-corrected chi connectivity index (χ0v) is 11.0. The highest BCUT2D eigenvalue weighted by Gasteiger charge is 2.09. The van der Waals surface area contributed by atoms with Crippen molar-refractivity contribution in [1.82, 2.24) is 5.32 Å². The summed E-state index contributed by atoms with van der Waals surface area (Å²) in [7, 11) is 0. The largest absolute Gasteiger partial charge is 0.503 e. The predicted octanol–water partition coefficient (Wildman–Crippen LogP) is 3.75. The number of hydrogen-bond donors (Lipinski definition) is 2. The maximum atomic E-state index is 13.1. The second-order valence-electron chi connectivity index (χ2n) is 4.26. The van der Waals surface area contributed by atoms with Gasteiger partial charge in [-0.25, -0.2) is 13.2 Å². The Morgan fingerprint density at radius 1 is 0.900 bits per heavy atom. The van der Waals surface area contributed by atoms with Gasteiger partial charge < -0.3 is 10.4 Å². The van der Waals surface area contributed by atoms with Crippen LogP contribution in [-0.2, 0) is 13.1 Å². The van der Waals surface area contributed by atoms with Crippen LogP contribution in [-0.4, -0.2) is 5.11 Å². The molecule has 0 amide bonds. The molecule has 2 rings (SSSR count). The molecule has 6 heteroatoms. The number of benzene rings is 2. The van der Waals surface area contributed by atoms with Crippen LogP contribution in [0.1, 0.15) is 11.1 Å². The second-order valence-corrected chi connectivity index (χ2v) is 4.67. The molecule has 2 N–H and O–H groups in total. The molecule has 0 saturated heterocycles. The van der Waals surface area contributed by atoms with E-state index in [4.69, 9.17) is 16.7 Å². The summed E-state index contributed by atoms with van der Waals surface area (Å²) >= 11 is 5.64. The van der Waals surface area contributed by atoms with Crippen molar-refractivity contribution in [2.75, 3.05) is 0 Å². The van der Waals surface area contributed by atoms with Gasteiger partial charge >= 0.3 is 0 Å². The van der Waals surface area contributed by atoms with E-state index in [0.29, 0.717) is 12.1 Å². The van der Waals surface area contributed by atoms with Gasteiger partial charge in [-0.15, -0.1) is 0 Å². The monoisotopic (exact) mass is 301 g/mol. The van der Waals surface area contributed by atoms with Crippen LogP contribution in [0.3, 0.4) is 0 Å². The van der Waals surface area contributed by atoms with Crippen molar-refractivity contribution >= 4 is 11.6 Å². The van der Waals surface area contributed by atoms with E-state index in [1.807, 2.05) is 0 Å². The minimum atomic E-state index is -1.01. The number of rotatable bonds is 4. The van der Waals surface area contributed by atoms with Crippen LogP contribution in [0.2, 0.25) is 5.02 Å². The van der Waals surface area contributed by atoms with Gasteiger partial charge in [-0.1, -0.05) is 17.7 Å². The first-order chi connectivity index (χ1) is 9.47. The molecule has 0 unspecified atom stereocenters. The van der Waals surface area contributed by atoms with Crippen LogP contribution in [0.5, 0.6) is 5.75 Å². The summed E-state index contributed by atoms with van der Waals surface area (Å²) in [6.45, 7) is 0.563. The summed E-state index contributed by atoms with van der Waals surface area (Å²) in [5, 5.41) is 11.9. The van der Waals surface area contributed by atoms with Gasteiger partial charge in [0, 0.05) is 13.1 Å². The van der Waals surface area contributed by atoms with E-state index in [1.165, 1.54) is 12.1 Å². The molecule has 2 aromatic carbocycles. The van der Waals surface area contributed by atoms with Gasteiger partial charge in [-0.2, -0.15) is 0 Å². The average molecular weight is 302 g/mol. The minimum absolute atomic E-state index is 0.0195. The van der Waals surface area contributed by atoms with Crippen LogP contribution < -0.4 is 5.32 Å². The van der Waals surface area contributed by atoms with Gasteiger partial charge in [-0.3, -0.25) is 0 Å². The van der Waals surface area contributed by atoms with Crippen LogP contribution in [0.25, 0.3) is 0 Å². The maximum Gasteiger partial charge on any atom is 0.187 e. The molecule has 0 saturated carbocycles. The van der Waals surface area contributed by atoms with Crippen molar-refractivity contribution < 1.29 is 18.3 Å². The highest BCUT2D eigenvalue weighted by molar-refractivity contribution is 6.30. The fourth-order valence-electron chi connectivity index (χ4n) is 1.72. The molecule has 0 spiro atoms. The number of phenols is 1. The molecule has 0 aromatic heterocycles. The number of phenolic OH excluding ortho intramolecular Hbond substituents is 1. The first-order valence-electron chi connectivity index (χ1n) is 5.79.